The van der Waals surface area contributed by atoms with E-state index in [0.29, 0.717) is 37.6 Å². The molecular weight excluding hydrogens is 428 g/mol. The van der Waals surface area contributed by atoms with Crippen LogP contribution in [-0.4, -0.2) is 54.0 Å². The molecule has 1 heterocycles. The molecule has 0 saturated carbocycles. The zero-order chi connectivity index (χ0) is 23.0. The number of nitrogens with zero attached hydrogens (tertiary/aromatic N) is 1. The molecule has 1 saturated heterocycles. The molecule has 0 atom stereocenters. The van der Waals surface area contributed by atoms with E-state index < -0.39 is 10.0 Å². The number of para-hydroxylation sites is 2. The molecule has 0 unspecified atom stereocenters. The lowest BCUT2D eigenvalue weighted by atomic mass is 9.74. The lowest BCUT2D eigenvalue weighted by molar-refractivity contribution is -0.121. The number of anilines is 1. The summed E-state index contributed by atoms with van der Waals surface area (Å²) in [7, 11) is -2.01. The number of carbonyl (C=O) groups excluding carboxylic acids is 1. The largest absolute Gasteiger partial charge is 0.495 e. The Morgan fingerprint density at radius 1 is 1.09 bits per heavy atom. The van der Waals surface area contributed by atoms with Crippen molar-refractivity contribution in [3.05, 3.63) is 60.2 Å². The number of sulfonamides is 1. The summed E-state index contributed by atoms with van der Waals surface area (Å²) in [5, 5.41) is 3.08. The minimum atomic E-state index is -3.52. The molecule has 2 aromatic rings. The van der Waals surface area contributed by atoms with Gasteiger partial charge in [0.05, 0.1) is 19.1 Å². The molecule has 0 aliphatic carbocycles. The van der Waals surface area contributed by atoms with E-state index in [1.54, 1.807) is 24.3 Å². The maximum atomic E-state index is 12.6. The summed E-state index contributed by atoms with van der Waals surface area (Å²) < 4.78 is 36.9. The van der Waals surface area contributed by atoms with Gasteiger partial charge in [0.15, 0.2) is 0 Å². The van der Waals surface area contributed by atoms with Crippen LogP contribution in [0.3, 0.4) is 0 Å². The summed E-state index contributed by atoms with van der Waals surface area (Å²) >= 11 is 0. The number of rotatable bonds is 10. The standard InChI is InChI=1S/C24H32N2O5S/c1-30-22-12-7-6-11-21(22)26(32(2,28)29)16-8-13-23(27)25-19-24(14-17-31-18-15-24)20-9-4-3-5-10-20/h3-7,9-12H,8,13-19H2,1-2H3,(H,25,27). The summed E-state index contributed by atoms with van der Waals surface area (Å²) in [6.07, 6.45) is 3.51. The molecule has 0 radical (unpaired) electrons. The maximum Gasteiger partial charge on any atom is 0.232 e. The Kier molecular flexibility index (Phi) is 8.15. The Bertz CT molecular complexity index is 988. The minimum absolute atomic E-state index is 0.0831. The molecule has 0 spiro atoms. The SMILES string of the molecule is COc1ccccc1N(CCCC(=O)NCC1(c2ccccc2)CCOCC1)S(C)(=O)=O. The highest BCUT2D eigenvalue weighted by Crippen LogP contribution is 2.34. The number of methoxy groups -OCH3 is 1. The van der Waals surface area contributed by atoms with Gasteiger partial charge in [-0.15, -0.1) is 0 Å². The fraction of sp³-hybridized carbons (Fsp3) is 0.458. The number of hydrogen-bond donors (Lipinski definition) is 1. The molecule has 0 aromatic heterocycles. The number of amides is 1. The first-order chi connectivity index (χ1) is 15.4. The third-order valence-electron chi connectivity index (χ3n) is 5.98. The van der Waals surface area contributed by atoms with E-state index in [0.717, 1.165) is 19.1 Å². The van der Waals surface area contributed by atoms with Gasteiger partial charge in [-0.1, -0.05) is 42.5 Å². The maximum absolute atomic E-state index is 12.6. The smallest absolute Gasteiger partial charge is 0.232 e. The molecule has 0 bridgehead atoms. The van der Waals surface area contributed by atoms with Crippen LogP contribution in [-0.2, 0) is 25.0 Å². The summed E-state index contributed by atoms with van der Waals surface area (Å²) in [5.74, 6) is 0.395. The van der Waals surface area contributed by atoms with E-state index in [-0.39, 0.29) is 24.3 Å². The molecule has 1 N–H and O–H groups in total. The van der Waals surface area contributed by atoms with Crippen molar-refractivity contribution in [2.45, 2.75) is 31.1 Å². The van der Waals surface area contributed by atoms with Gasteiger partial charge < -0.3 is 14.8 Å². The van der Waals surface area contributed by atoms with Gasteiger partial charge in [-0.25, -0.2) is 8.42 Å². The van der Waals surface area contributed by atoms with E-state index in [4.69, 9.17) is 9.47 Å². The van der Waals surface area contributed by atoms with Crippen LogP contribution in [0.15, 0.2) is 54.6 Å². The van der Waals surface area contributed by atoms with Crippen molar-refractivity contribution < 1.29 is 22.7 Å². The van der Waals surface area contributed by atoms with E-state index in [9.17, 15) is 13.2 Å². The van der Waals surface area contributed by atoms with Crippen LogP contribution in [0, 0.1) is 0 Å². The van der Waals surface area contributed by atoms with Crippen LogP contribution in [0.2, 0.25) is 0 Å². The fourth-order valence-electron chi connectivity index (χ4n) is 4.16. The normalized spacial score (nSPS) is 15.7. The van der Waals surface area contributed by atoms with E-state index in [1.807, 2.05) is 18.2 Å². The van der Waals surface area contributed by atoms with E-state index in [1.165, 1.54) is 17.0 Å². The first-order valence-corrected chi connectivity index (χ1v) is 12.7. The fourth-order valence-corrected chi connectivity index (χ4v) is 5.13. The zero-order valence-electron chi connectivity index (χ0n) is 18.7. The van der Waals surface area contributed by atoms with Crippen LogP contribution >= 0.6 is 0 Å². The second kappa shape index (κ2) is 10.8. The number of nitrogens with one attached hydrogen (secondary N) is 1. The Labute approximate surface area is 190 Å². The average molecular weight is 461 g/mol. The van der Waals surface area contributed by atoms with Crippen LogP contribution in [0.1, 0.15) is 31.2 Å². The van der Waals surface area contributed by atoms with Crippen molar-refractivity contribution in [3.8, 4) is 5.75 Å². The van der Waals surface area contributed by atoms with Gasteiger partial charge in [-0.2, -0.15) is 0 Å². The van der Waals surface area contributed by atoms with Gasteiger partial charge >= 0.3 is 0 Å². The van der Waals surface area contributed by atoms with Crippen molar-refractivity contribution in [1.82, 2.24) is 5.32 Å². The molecule has 1 aliphatic rings. The van der Waals surface area contributed by atoms with Gasteiger partial charge in [0, 0.05) is 38.1 Å². The van der Waals surface area contributed by atoms with E-state index in [2.05, 4.69) is 17.4 Å². The summed E-state index contributed by atoms with van der Waals surface area (Å²) in [6.45, 7) is 2.09. The van der Waals surface area contributed by atoms with E-state index >= 15 is 0 Å². The van der Waals surface area contributed by atoms with Crippen molar-refractivity contribution in [3.63, 3.8) is 0 Å². The number of ether oxygens (including phenoxy) is 2. The Hall–Kier alpha value is -2.58. The highest BCUT2D eigenvalue weighted by Gasteiger charge is 2.34. The Balaban J connectivity index is 1.60. The van der Waals surface area contributed by atoms with Crippen LogP contribution < -0.4 is 14.4 Å². The molecule has 8 heteroatoms. The second-order valence-corrected chi connectivity index (χ2v) is 10.1. The second-order valence-electron chi connectivity index (χ2n) is 8.15. The molecule has 1 amide bonds. The summed E-state index contributed by atoms with van der Waals surface area (Å²) in [5.41, 5.74) is 1.55. The summed E-state index contributed by atoms with van der Waals surface area (Å²) in [6, 6.07) is 17.2. The van der Waals surface area contributed by atoms with Crippen LogP contribution in [0.25, 0.3) is 0 Å². The third kappa shape index (κ3) is 6.01. The molecule has 1 fully saturated rings. The first-order valence-electron chi connectivity index (χ1n) is 10.9. The van der Waals surface area contributed by atoms with Gasteiger partial charge in [-0.05, 0) is 37.0 Å². The monoisotopic (exact) mass is 460 g/mol. The highest BCUT2D eigenvalue weighted by atomic mass is 32.2. The molecule has 7 nitrogen and oxygen atoms in total. The zero-order valence-corrected chi connectivity index (χ0v) is 19.6. The predicted molar refractivity (Wildman–Crippen MR) is 126 cm³/mol. The number of carbonyl (C=O) groups is 1. The minimum Gasteiger partial charge on any atom is -0.495 e. The number of benzene rings is 2. The molecule has 2 aromatic carbocycles. The first kappa shape index (κ1) is 24.1. The van der Waals surface area contributed by atoms with Crippen molar-refractivity contribution in [2.24, 2.45) is 0 Å². The van der Waals surface area contributed by atoms with Crippen molar-refractivity contribution in [2.75, 3.05) is 44.0 Å². The molecule has 1 aliphatic heterocycles. The van der Waals surface area contributed by atoms with Crippen molar-refractivity contribution >= 4 is 21.6 Å². The van der Waals surface area contributed by atoms with Gasteiger partial charge in [0.1, 0.15) is 5.75 Å². The quantitative estimate of drug-likeness (QED) is 0.589. The molecule has 174 valence electrons. The third-order valence-corrected chi connectivity index (χ3v) is 7.16. The lowest BCUT2D eigenvalue weighted by Crippen LogP contribution is -2.44. The Morgan fingerprint density at radius 3 is 2.41 bits per heavy atom. The topological polar surface area (TPSA) is 84.9 Å². The van der Waals surface area contributed by atoms with Crippen LogP contribution in [0.4, 0.5) is 5.69 Å². The highest BCUT2D eigenvalue weighted by molar-refractivity contribution is 7.92. The molecule has 3 rings (SSSR count). The van der Waals surface area contributed by atoms with Gasteiger partial charge in [0.2, 0.25) is 15.9 Å². The lowest BCUT2D eigenvalue weighted by Gasteiger charge is -2.38. The molecular formula is C24H32N2O5S. The molecule has 32 heavy (non-hydrogen) atoms. The predicted octanol–water partition coefficient (Wildman–Crippen LogP) is 3.11. The van der Waals surface area contributed by atoms with Crippen molar-refractivity contribution in [1.29, 1.82) is 0 Å². The summed E-state index contributed by atoms with van der Waals surface area (Å²) in [4.78, 5) is 12.6. The average Bonchev–Trinajstić information content (AvgIpc) is 2.81. The van der Waals surface area contributed by atoms with Crippen LogP contribution in [0.5, 0.6) is 5.75 Å². The van der Waals surface area contributed by atoms with Gasteiger partial charge in [-0.3, -0.25) is 9.10 Å². The van der Waals surface area contributed by atoms with Gasteiger partial charge in [0.25, 0.3) is 0 Å². The number of hydrogen-bond acceptors (Lipinski definition) is 5. The Morgan fingerprint density at radius 2 is 1.75 bits per heavy atom.